The van der Waals surface area contributed by atoms with Gasteiger partial charge in [0, 0.05) is 17.5 Å². The van der Waals surface area contributed by atoms with Gasteiger partial charge in [0.25, 0.3) is 11.8 Å². The molecule has 0 atom stereocenters. The van der Waals surface area contributed by atoms with Crippen LogP contribution in [0.3, 0.4) is 0 Å². The van der Waals surface area contributed by atoms with E-state index in [1.165, 1.54) is 12.1 Å². The third-order valence-corrected chi connectivity index (χ3v) is 4.75. The summed E-state index contributed by atoms with van der Waals surface area (Å²) in [6.07, 6.45) is -0.303. The van der Waals surface area contributed by atoms with E-state index in [1.807, 2.05) is 36.4 Å². The largest absolute Gasteiger partial charge is 0.455 e. The fourth-order valence-corrected chi connectivity index (χ4v) is 3.08. The molecule has 0 radical (unpaired) electrons. The number of amides is 3. The Kier molecular flexibility index (Phi) is 7.77. The maximum Gasteiger partial charge on any atom is 0.306 e. The first-order valence-electron chi connectivity index (χ1n) is 9.71. The number of carbonyl (C=O) groups excluding carboxylic acids is 4. The minimum absolute atomic E-state index is 0.104. The Morgan fingerprint density at radius 3 is 2.31 bits per heavy atom. The quantitative estimate of drug-likeness (QED) is 0.375. The second-order valence-electron chi connectivity index (χ2n) is 6.72. The molecule has 3 aromatic carbocycles. The van der Waals surface area contributed by atoms with Gasteiger partial charge in [0.05, 0.1) is 17.0 Å². The van der Waals surface area contributed by atoms with Crippen molar-refractivity contribution in [3.05, 3.63) is 77.3 Å². The van der Waals surface area contributed by atoms with Crippen molar-refractivity contribution in [3.8, 4) is 0 Å². The summed E-state index contributed by atoms with van der Waals surface area (Å²) < 4.78 is 4.83. The number of ether oxygens (including phenoxy) is 1. The van der Waals surface area contributed by atoms with Crippen LogP contribution in [0.2, 0.25) is 5.02 Å². The van der Waals surface area contributed by atoms with Crippen LogP contribution < -0.4 is 16.2 Å². The Hall–Kier alpha value is -3.91. The molecule has 0 saturated heterocycles. The first-order chi connectivity index (χ1) is 15.4. The van der Waals surface area contributed by atoms with Crippen molar-refractivity contribution in [1.82, 2.24) is 10.9 Å². The molecule has 3 rings (SSSR count). The number of fused-ring (bicyclic) bond motifs is 1. The number of halogens is 1. The molecule has 0 bridgehead atoms. The van der Waals surface area contributed by atoms with Crippen molar-refractivity contribution < 1.29 is 23.9 Å². The maximum atomic E-state index is 12.2. The molecule has 164 valence electrons. The lowest BCUT2D eigenvalue weighted by molar-refractivity contribution is -0.149. The lowest BCUT2D eigenvalue weighted by Gasteiger charge is -2.10. The normalized spacial score (nSPS) is 10.3. The van der Waals surface area contributed by atoms with Crippen LogP contribution in [0, 0.1) is 0 Å². The van der Waals surface area contributed by atoms with Crippen molar-refractivity contribution >= 4 is 51.8 Å². The van der Waals surface area contributed by atoms with E-state index in [-0.39, 0.29) is 29.3 Å². The van der Waals surface area contributed by atoms with Crippen LogP contribution in [0.5, 0.6) is 0 Å². The summed E-state index contributed by atoms with van der Waals surface area (Å²) in [6.45, 7) is -0.605. The zero-order valence-corrected chi connectivity index (χ0v) is 17.6. The molecule has 0 saturated carbocycles. The molecular weight excluding hydrogens is 434 g/mol. The van der Waals surface area contributed by atoms with Crippen LogP contribution >= 0.6 is 11.6 Å². The summed E-state index contributed by atoms with van der Waals surface area (Å²) in [6, 6.07) is 19.5. The van der Waals surface area contributed by atoms with E-state index in [9.17, 15) is 19.2 Å². The number of hydrazine groups is 1. The molecular formula is C23H20ClN3O5. The molecule has 0 spiro atoms. The smallest absolute Gasteiger partial charge is 0.306 e. The number of benzene rings is 3. The summed E-state index contributed by atoms with van der Waals surface area (Å²) >= 11 is 5.90. The standard InChI is InChI=1S/C23H20ClN3O5/c24-18-10-4-3-9-17(18)23(31)27-26-21(29)14-32-22(30)13-12-20(28)25-19-11-5-7-15-6-1-2-8-16(15)19/h1-11H,12-14H2,(H,25,28)(H,26,29)(H,27,31). The lowest BCUT2D eigenvalue weighted by atomic mass is 10.1. The Morgan fingerprint density at radius 2 is 1.50 bits per heavy atom. The minimum Gasteiger partial charge on any atom is -0.455 e. The van der Waals surface area contributed by atoms with Crippen molar-refractivity contribution in [2.45, 2.75) is 12.8 Å². The molecule has 0 fully saturated rings. The molecule has 0 aliphatic carbocycles. The van der Waals surface area contributed by atoms with Crippen LogP contribution in [0.25, 0.3) is 10.8 Å². The number of esters is 1. The monoisotopic (exact) mass is 453 g/mol. The fraction of sp³-hybridized carbons (Fsp3) is 0.130. The Labute approximate surface area is 188 Å². The zero-order valence-electron chi connectivity index (χ0n) is 16.9. The lowest BCUT2D eigenvalue weighted by Crippen LogP contribution is -2.43. The Morgan fingerprint density at radius 1 is 0.781 bits per heavy atom. The molecule has 0 aliphatic heterocycles. The summed E-state index contributed by atoms with van der Waals surface area (Å²) in [5, 5.41) is 4.88. The van der Waals surface area contributed by atoms with Gasteiger partial charge in [-0.1, -0.05) is 60.1 Å². The molecule has 0 aliphatic rings. The molecule has 3 aromatic rings. The van der Waals surface area contributed by atoms with E-state index in [4.69, 9.17) is 16.3 Å². The van der Waals surface area contributed by atoms with Gasteiger partial charge in [-0.05, 0) is 23.6 Å². The summed E-state index contributed by atoms with van der Waals surface area (Å²) in [4.78, 5) is 47.7. The van der Waals surface area contributed by atoms with Gasteiger partial charge < -0.3 is 10.1 Å². The third kappa shape index (κ3) is 6.29. The molecule has 0 unspecified atom stereocenters. The predicted molar refractivity (Wildman–Crippen MR) is 120 cm³/mol. The SMILES string of the molecule is O=C(COC(=O)CCC(=O)Nc1cccc2ccccc12)NNC(=O)c1ccccc1Cl. The first-order valence-corrected chi connectivity index (χ1v) is 10.1. The van der Waals surface area contributed by atoms with Gasteiger partial charge >= 0.3 is 5.97 Å². The van der Waals surface area contributed by atoms with E-state index in [2.05, 4.69) is 16.2 Å². The average molecular weight is 454 g/mol. The minimum atomic E-state index is -0.737. The molecule has 8 nitrogen and oxygen atoms in total. The Bertz CT molecular complexity index is 1160. The van der Waals surface area contributed by atoms with Gasteiger partial charge in [0.1, 0.15) is 0 Å². The molecule has 3 amide bonds. The second-order valence-corrected chi connectivity index (χ2v) is 7.12. The number of carbonyl (C=O) groups is 4. The highest BCUT2D eigenvalue weighted by Crippen LogP contribution is 2.23. The van der Waals surface area contributed by atoms with Gasteiger partial charge in [-0.2, -0.15) is 0 Å². The predicted octanol–water partition coefficient (Wildman–Crippen LogP) is 3.22. The van der Waals surface area contributed by atoms with Crippen LogP contribution in [-0.4, -0.2) is 30.3 Å². The summed E-state index contributed by atoms with van der Waals surface area (Å²) in [5.74, 6) is -2.42. The number of hydrogen-bond acceptors (Lipinski definition) is 5. The number of rotatable bonds is 7. The van der Waals surface area contributed by atoms with E-state index >= 15 is 0 Å². The van der Waals surface area contributed by atoms with Gasteiger partial charge in [-0.3, -0.25) is 30.0 Å². The van der Waals surface area contributed by atoms with Crippen molar-refractivity contribution in [2.24, 2.45) is 0 Å². The number of anilines is 1. The van der Waals surface area contributed by atoms with Crippen molar-refractivity contribution in [1.29, 1.82) is 0 Å². The molecule has 0 aromatic heterocycles. The molecule has 9 heteroatoms. The molecule has 32 heavy (non-hydrogen) atoms. The van der Waals surface area contributed by atoms with Crippen LogP contribution in [-0.2, 0) is 19.1 Å². The highest BCUT2D eigenvalue weighted by atomic mass is 35.5. The van der Waals surface area contributed by atoms with Gasteiger partial charge in [-0.25, -0.2) is 0 Å². The van der Waals surface area contributed by atoms with E-state index in [0.717, 1.165) is 10.8 Å². The van der Waals surface area contributed by atoms with E-state index in [0.29, 0.717) is 5.69 Å². The van der Waals surface area contributed by atoms with Gasteiger partial charge in [0.2, 0.25) is 5.91 Å². The fourth-order valence-electron chi connectivity index (χ4n) is 2.86. The Balaban J connectivity index is 1.38. The molecule has 0 heterocycles. The molecule has 3 N–H and O–H groups in total. The zero-order chi connectivity index (χ0) is 22.9. The van der Waals surface area contributed by atoms with Gasteiger partial charge in [0.15, 0.2) is 6.61 Å². The third-order valence-electron chi connectivity index (χ3n) is 4.42. The second kappa shape index (κ2) is 10.9. The summed E-state index contributed by atoms with van der Waals surface area (Å²) in [7, 11) is 0. The van der Waals surface area contributed by atoms with Crippen molar-refractivity contribution in [2.75, 3.05) is 11.9 Å². The van der Waals surface area contributed by atoms with Crippen LogP contribution in [0.4, 0.5) is 5.69 Å². The van der Waals surface area contributed by atoms with Gasteiger partial charge in [-0.15, -0.1) is 0 Å². The van der Waals surface area contributed by atoms with Crippen molar-refractivity contribution in [3.63, 3.8) is 0 Å². The maximum absolute atomic E-state index is 12.2. The summed E-state index contributed by atoms with van der Waals surface area (Å²) in [5.41, 5.74) is 5.13. The average Bonchev–Trinajstić information content (AvgIpc) is 2.80. The first kappa shape index (κ1) is 22.8. The topological polar surface area (TPSA) is 114 Å². The van der Waals surface area contributed by atoms with Crippen LogP contribution in [0.15, 0.2) is 66.7 Å². The number of nitrogens with one attached hydrogen (secondary N) is 3. The van der Waals surface area contributed by atoms with Crippen LogP contribution in [0.1, 0.15) is 23.2 Å². The number of hydrogen-bond donors (Lipinski definition) is 3. The van der Waals surface area contributed by atoms with E-state index < -0.39 is 24.4 Å². The highest BCUT2D eigenvalue weighted by molar-refractivity contribution is 6.33. The van der Waals surface area contributed by atoms with E-state index in [1.54, 1.807) is 18.2 Å². The highest BCUT2D eigenvalue weighted by Gasteiger charge is 2.13.